The molecule has 6 N–H and O–H groups in total. The van der Waals surface area contributed by atoms with Gasteiger partial charge in [-0.25, -0.2) is 9.37 Å². The Kier molecular flexibility index (Phi) is 5.85. The number of benzene rings is 1. The van der Waals surface area contributed by atoms with Crippen LogP contribution in [0.5, 0.6) is 5.75 Å². The summed E-state index contributed by atoms with van der Waals surface area (Å²) in [6.45, 7) is 0. The number of amides is 1. The van der Waals surface area contributed by atoms with Crippen LogP contribution >= 0.6 is 0 Å². The van der Waals surface area contributed by atoms with Crippen LogP contribution in [0.4, 0.5) is 21.7 Å². The van der Waals surface area contributed by atoms with Gasteiger partial charge in [-0.3, -0.25) is 9.78 Å². The maximum absolute atomic E-state index is 14.7. The molecule has 8 nitrogen and oxygen atoms in total. The maximum Gasteiger partial charge on any atom is 0.252 e. The second kappa shape index (κ2) is 8.73. The van der Waals surface area contributed by atoms with Crippen molar-refractivity contribution in [2.24, 2.45) is 11.5 Å². The summed E-state index contributed by atoms with van der Waals surface area (Å²) in [4.78, 5) is 20.6. The van der Waals surface area contributed by atoms with E-state index in [4.69, 9.17) is 16.2 Å². The third-order valence-corrected chi connectivity index (χ3v) is 5.53. The summed E-state index contributed by atoms with van der Waals surface area (Å²) in [5, 5.41) is 6.98. The van der Waals surface area contributed by atoms with Crippen LogP contribution in [-0.4, -0.2) is 35.1 Å². The Morgan fingerprint density at radius 1 is 1.19 bits per heavy atom. The number of ether oxygens (including phenoxy) is 1. The standard InChI is InChI=1S/C22H25FN6O2/c1-31-14-6-7-18-12(9-14)8-13(11-26-18)27-21-15(20(25)30)10-16(23)22(29-21)28-19-5-3-2-4-17(19)24/h6-11,17,19H,2-5,24H2,1H3,(H2,25,30)(H2,27,28,29). The van der Waals surface area contributed by atoms with Crippen molar-refractivity contribution < 1.29 is 13.9 Å². The molecule has 1 aliphatic carbocycles. The van der Waals surface area contributed by atoms with Crippen molar-refractivity contribution in [2.45, 2.75) is 37.8 Å². The first-order valence-electron chi connectivity index (χ1n) is 10.2. The zero-order valence-electron chi connectivity index (χ0n) is 17.2. The van der Waals surface area contributed by atoms with Gasteiger partial charge in [-0.05, 0) is 43.2 Å². The molecule has 31 heavy (non-hydrogen) atoms. The van der Waals surface area contributed by atoms with E-state index in [1.54, 1.807) is 13.3 Å². The lowest BCUT2D eigenvalue weighted by Crippen LogP contribution is -2.43. The molecule has 1 amide bonds. The zero-order valence-corrected chi connectivity index (χ0v) is 17.2. The summed E-state index contributed by atoms with van der Waals surface area (Å²) >= 11 is 0. The number of nitrogens with one attached hydrogen (secondary N) is 2. The van der Waals surface area contributed by atoms with Gasteiger partial charge >= 0.3 is 0 Å². The van der Waals surface area contributed by atoms with Crippen molar-refractivity contribution in [1.82, 2.24) is 9.97 Å². The molecule has 162 valence electrons. The number of anilines is 3. The van der Waals surface area contributed by atoms with Gasteiger partial charge in [0, 0.05) is 17.5 Å². The van der Waals surface area contributed by atoms with Crippen molar-refractivity contribution in [3.63, 3.8) is 0 Å². The Labute approximate surface area is 179 Å². The number of carbonyl (C=O) groups is 1. The first-order valence-corrected chi connectivity index (χ1v) is 10.2. The number of primary amides is 1. The molecule has 2 aromatic heterocycles. The van der Waals surface area contributed by atoms with Gasteiger partial charge < -0.3 is 26.8 Å². The van der Waals surface area contributed by atoms with Gasteiger partial charge in [-0.15, -0.1) is 0 Å². The second-order valence-corrected chi connectivity index (χ2v) is 7.69. The Morgan fingerprint density at radius 2 is 2.00 bits per heavy atom. The minimum absolute atomic E-state index is 0.0327. The number of pyridine rings is 2. The topological polar surface area (TPSA) is 128 Å². The minimum Gasteiger partial charge on any atom is -0.497 e. The predicted molar refractivity (Wildman–Crippen MR) is 118 cm³/mol. The van der Waals surface area contributed by atoms with E-state index in [-0.39, 0.29) is 29.3 Å². The molecule has 2 heterocycles. The molecule has 0 spiro atoms. The molecule has 2 unspecified atom stereocenters. The number of hydrogen-bond donors (Lipinski definition) is 4. The average molecular weight is 424 g/mol. The zero-order chi connectivity index (χ0) is 22.0. The van der Waals surface area contributed by atoms with E-state index in [1.165, 1.54) is 0 Å². The van der Waals surface area contributed by atoms with Crippen LogP contribution in [0, 0.1) is 5.82 Å². The summed E-state index contributed by atoms with van der Waals surface area (Å²) < 4.78 is 19.9. The molecular weight excluding hydrogens is 399 g/mol. The highest BCUT2D eigenvalue weighted by Gasteiger charge is 2.24. The lowest BCUT2D eigenvalue weighted by atomic mass is 9.91. The Morgan fingerprint density at radius 3 is 2.74 bits per heavy atom. The van der Waals surface area contributed by atoms with Crippen LogP contribution in [0.25, 0.3) is 10.9 Å². The highest BCUT2D eigenvalue weighted by Crippen LogP contribution is 2.28. The van der Waals surface area contributed by atoms with Crippen molar-refractivity contribution in [3.05, 3.63) is 47.9 Å². The van der Waals surface area contributed by atoms with Gasteiger partial charge in [0.25, 0.3) is 5.91 Å². The van der Waals surface area contributed by atoms with E-state index in [0.717, 1.165) is 42.7 Å². The fourth-order valence-corrected chi connectivity index (χ4v) is 3.83. The molecule has 0 aliphatic heterocycles. The van der Waals surface area contributed by atoms with Crippen molar-refractivity contribution in [2.75, 3.05) is 17.7 Å². The number of fused-ring (bicyclic) bond motifs is 1. The van der Waals surface area contributed by atoms with Gasteiger partial charge in [0.05, 0.1) is 30.1 Å². The first kappa shape index (κ1) is 20.8. The summed E-state index contributed by atoms with van der Waals surface area (Å²) in [6, 6.07) is 8.27. The molecule has 1 aromatic carbocycles. The summed E-state index contributed by atoms with van der Waals surface area (Å²) in [5.41, 5.74) is 12.9. The number of nitrogens with zero attached hydrogens (tertiary/aromatic N) is 2. The molecule has 0 bridgehead atoms. The van der Waals surface area contributed by atoms with E-state index in [1.807, 2.05) is 24.3 Å². The second-order valence-electron chi connectivity index (χ2n) is 7.69. The van der Waals surface area contributed by atoms with Crippen LogP contribution in [0.15, 0.2) is 36.5 Å². The lowest BCUT2D eigenvalue weighted by molar-refractivity contribution is 0.100. The highest BCUT2D eigenvalue weighted by atomic mass is 19.1. The summed E-state index contributed by atoms with van der Waals surface area (Å²) in [6.07, 6.45) is 5.38. The van der Waals surface area contributed by atoms with E-state index < -0.39 is 11.7 Å². The monoisotopic (exact) mass is 424 g/mol. The number of nitrogens with two attached hydrogens (primary N) is 2. The molecule has 1 saturated carbocycles. The molecular formula is C22H25FN6O2. The fraction of sp³-hybridized carbons (Fsp3) is 0.318. The Balaban J connectivity index is 1.67. The fourth-order valence-electron chi connectivity index (χ4n) is 3.83. The van der Waals surface area contributed by atoms with Gasteiger partial charge in [0.15, 0.2) is 11.6 Å². The van der Waals surface area contributed by atoms with Gasteiger partial charge in [-0.2, -0.15) is 0 Å². The number of methoxy groups -OCH3 is 1. The summed E-state index contributed by atoms with van der Waals surface area (Å²) in [5.74, 6) is -0.571. The average Bonchev–Trinajstić information content (AvgIpc) is 2.76. The number of hydrogen-bond acceptors (Lipinski definition) is 7. The van der Waals surface area contributed by atoms with Crippen LogP contribution in [-0.2, 0) is 0 Å². The molecule has 3 aromatic rings. The molecule has 0 saturated heterocycles. The molecule has 1 fully saturated rings. The third kappa shape index (κ3) is 4.51. The molecule has 0 radical (unpaired) electrons. The number of halogens is 1. The molecule has 4 rings (SSSR count). The van der Waals surface area contributed by atoms with E-state index in [2.05, 4.69) is 20.6 Å². The van der Waals surface area contributed by atoms with Crippen molar-refractivity contribution in [1.29, 1.82) is 0 Å². The highest BCUT2D eigenvalue weighted by molar-refractivity contribution is 5.99. The SMILES string of the molecule is COc1ccc2ncc(Nc3nc(NC4CCCCC4N)c(F)cc3C(N)=O)cc2c1. The largest absolute Gasteiger partial charge is 0.497 e. The van der Waals surface area contributed by atoms with Crippen LogP contribution < -0.4 is 26.8 Å². The molecule has 9 heteroatoms. The number of aromatic nitrogens is 2. The summed E-state index contributed by atoms with van der Waals surface area (Å²) in [7, 11) is 1.59. The van der Waals surface area contributed by atoms with Crippen molar-refractivity contribution >= 4 is 34.1 Å². The third-order valence-electron chi connectivity index (χ3n) is 5.53. The quantitative estimate of drug-likeness (QED) is 0.478. The Bertz CT molecular complexity index is 1120. The van der Waals surface area contributed by atoms with Crippen LogP contribution in [0.3, 0.4) is 0 Å². The van der Waals surface area contributed by atoms with Crippen LogP contribution in [0.1, 0.15) is 36.0 Å². The first-order chi connectivity index (χ1) is 14.9. The van der Waals surface area contributed by atoms with E-state index >= 15 is 0 Å². The van der Waals surface area contributed by atoms with Gasteiger partial charge in [0.2, 0.25) is 0 Å². The minimum atomic E-state index is -0.787. The lowest BCUT2D eigenvalue weighted by Gasteiger charge is -2.30. The number of rotatable bonds is 6. The smallest absolute Gasteiger partial charge is 0.252 e. The predicted octanol–water partition coefficient (Wildman–Crippen LogP) is 3.30. The van der Waals surface area contributed by atoms with Gasteiger partial charge in [-0.1, -0.05) is 12.8 Å². The van der Waals surface area contributed by atoms with Gasteiger partial charge in [0.1, 0.15) is 11.6 Å². The molecule has 1 aliphatic rings. The number of carbonyl (C=O) groups excluding carboxylic acids is 1. The van der Waals surface area contributed by atoms with Crippen LogP contribution in [0.2, 0.25) is 0 Å². The molecule has 2 atom stereocenters. The Hall–Kier alpha value is -3.46. The van der Waals surface area contributed by atoms with E-state index in [0.29, 0.717) is 11.4 Å². The normalized spacial score (nSPS) is 18.5. The van der Waals surface area contributed by atoms with Crippen molar-refractivity contribution in [3.8, 4) is 5.75 Å². The van der Waals surface area contributed by atoms with E-state index in [9.17, 15) is 9.18 Å². The maximum atomic E-state index is 14.7.